The molecule has 1 aromatic heterocycles. The van der Waals surface area contributed by atoms with Crippen molar-refractivity contribution in [2.45, 2.75) is 13.5 Å². The van der Waals surface area contributed by atoms with E-state index in [1.165, 1.54) is 0 Å². The average Bonchev–Trinajstić information content (AvgIpc) is 2.96. The number of hydrazone groups is 1. The normalized spacial score (nSPS) is 10.8. The van der Waals surface area contributed by atoms with Crippen LogP contribution in [0.5, 0.6) is 0 Å². The fourth-order valence-corrected chi connectivity index (χ4v) is 2.82. The Hall–Kier alpha value is -2.70. The van der Waals surface area contributed by atoms with Gasteiger partial charge in [-0.25, -0.2) is 4.68 Å². The zero-order chi connectivity index (χ0) is 18.4. The van der Waals surface area contributed by atoms with Gasteiger partial charge in [-0.05, 0) is 36.8 Å². The summed E-state index contributed by atoms with van der Waals surface area (Å²) < 4.78 is 1.68. The number of hydrogen-bond donors (Lipinski definition) is 2. The smallest absolute Gasteiger partial charge is 0.187 e. The molecule has 0 spiro atoms. The van der Waals surface area contributed by atoms with Crippen LogP contribution in [0.2, 0.25) is 5.15 Å². The summed E-state index contributed by atoms with van der Waals surface area (Å²) in [5.41, 5.74) is 6.37. The number of aryl methyl sites for hydroxylation is 1. The maximum atomic E-state index is 6.45. The molecule has 0 saturated carbocycles. The van der Waals surface area contributed by atoms with E-state index in [-0.39, 0.29) is 0 Å². The molecule has 0 atom stereocenters. The highest BCUT2D eigenvalue weighted by atomic mass is 35.5. The van der Waals surface area contributed by atoms with Crippen LogP contribution in [0.1, 0.15) is 16.8 Å². The lowest BCUT2D eigenvalue weighted by Gasteiger charge is -2.06. The summed E-state index contributed by atoms with van der Waals surface area (Å²) in [5, 5.41) is 12.7. The van der Waals surface area contributed by atoms with Gasteiger partial charge in [0.25, 0.3) is 0 Å². The Morgan fingerprint density at radius 2 is 1.81 bits per heavy atom. The van der Waals surface area contributed by atoms with E-state index in [9.17, 15) is 0 Å². The molecular formula is C19H18ClN5S. The first-order valence-electron chi connectivity index (χ1n) is 8.06. The van der Waals surface area contributed by atoms with Gasteiger partial charge in [-0.3, -0.25) is 5.43 Å². The van der Waals surface area contributed by atoms with Gasteiger partial charge in [0.1, 0.15) is 5.15 Å². The third-order valence-electron chi connectivity index (χ3n) is 3.70. The second-order valence-corrected chi connectivity index (χ2v) is 6.34. The lowest BCUT2D eigenvalue weighted by Crippen LogP contribution is -2.31. The molecule has 0 unspecified atom stereocenters. The molecule has 0 amide bonds. The number of benzene rings is 2. The molecule has 2 aromatic carbocycles. The minimum absolute atomic E-state index is 0.439. The number of nitrogens with one attached hydrogen (secondary N) is 2. The molecule has 26 heavy (non-hydrogen) atoms. The molecule has 5 nitrogen and oxygen atoms in total. The number of aromatic nitrogens is 2. The van der Waals surface area contributed by atoms with Crippen LogP contribution < -0.4 is 10.7 Å². The van der Waals surface area contributed by atoms with Crippen molar-refractivity contribution in [2.24, 2.45) is 5.10 Å². The number of rotatable bonds is 5. The molecule has 7 heteroatoms. The van der Waals surface area contributed by atoms with E-state index in [1.54, 1.807) is 10.9 Å². The topological polar surface area (TPSA) is 54.2 Å². The van der Waals surface area contributed by atoms with Crippen LogP contribution in [0, 0.1) is 6.92 Å². The van der Waals surface area contributed by atoms with E-state index in [2.05, 4.69) is 20.9 Å². The molecule has 0 fully saturated rings. The first-order valence-corrected chi connectivity index (χ1v) is 8.85. The summed E-state index contributed by atoms with van der Waals surface area (Å²) in [6.45, 7) is 2.52. The van der Waals surface area contributed by atoms with Crippen molar-refractivity contribution < 1.29 is 0 Å². The predicted molar refractivity (Wildman–Crippen MR) is 110 cm³/mol. The van der Waals surface area contributed by atoms with E-state index < -0.39 is 0 Å². The number of nitrogens with zero attached hydrogens (tertiary/aromatic N) is 3. The Bertz CT molecular complexity index is 906. The van der Waals surface area contributed by atoms with E-state index in [0.717, 1.165) is 22.5 Å². The molecule has 0 bridgehead atoms. The van der Waals surface area contributed by atoms with Gasteiger partial charge in [0.15, 0.2) is 5.11 Å². The Morgan fingerprint density at radius 3 is 2.50 bits per heavy atom. The monoisotopic (exact) mass is 383 g/mol. The summed E-state index contributed by atoms with van der Waals surface area (Å²) in [6, 6.07) is 19.7. The van der Waals surface area contributed by atoms with Crippen LogP contribution in [0.3, 0.4) is 0 Å². The van der Waals surface area contributed by atoms with Crippen molar-refractivity contribution >= 4 is 35.1 Å². The second-order valence-electron chi connectivity index (χ2n) is 5.58. The molecule has 0 saturated heterocycles. The molecule has 0 aliphatic rings. The lowest BCUT2D eigenvalue weighted by atomic mass is 10.2. The Kier molecular flexibility index (Phi) is 5.99. The van der Waals surface area contributed by atoms with E-state index >= 15 is 0 Å². The lowest BCUT2D eigenvalue weighted by molar-refractivity contribution is 0.863. The Balaban J connectivity index is 1.62. The fraction of sp³-hybridized carbons (Fsp3) is 0.105. The molecule has 3 rings (SSSR count). The average molecular weight is 384 g/mol. The van der Waals surface area contributed by atoms with Crippen LogP contribution in [-0.4, -0.2) is 21.1 Å². The summed E-state index contributed by atoms with van der Waals surface area (Å²) in [7, 11) is 0. The first kappa shape index (κ1) is 18.1. The highest BCUT2D eigenvalue weighted by Crippen LogP contribution is 2.21. The molecule has 0 aliphatic carbocycles. The SMILES string of the molecule is Cc1nn(-c2ccccc2)c(Cl)c1/C=N/NC(=S)NCc1ccccc1. The molecule has 0 radical (unpaired) electrons. The van der Waals surface area contributed by atoms with Gasteiger partial charge >= 0.3 is 0 Å². The van der Waals surface area contributed by atoms with Crippen LogP contribution in [0.25, 0.3) is 5.69 Å². The molecule has 2 N–H and O–H groups in total. The van der Waals surface area contributed by atoms with Crippen LogP contribution >= 0.6 is 23.8 Å². The van der Waals surface area contributed by atoms with Crippen molar-refractivity contribution in [2.75, 3.05) is 0 Å². The van der Waals surface area contributed by atoms with Crippen LogP contribution in [0.4, 0.5) is 0 Å². The van der Waals surface area contributed by atoms with E-state index in [4.69, 9.17) is 23.8 Å². The number of halogens is 1. The molecule has 132 valence electrons. The fourth-order valence-electron chi connectivity index (χ4n) is 2.37. The van der Waals surface area contributed by atoms with Crippen LogP contribution in [0.15, 0.2) is 65.8 Å². The van der Waals surface area contributed by atoms with Crippen molar-refractivity contribution in [3.05, 3.63) is 82.6 Å². The summed E-state index contributed by atoms with van der Waals surface area (Å²) >= 11 is 11.7. The first-order chi connectivity index (χ1) is 12.6. The molecule has 3 aromatic rings. The quantitative estimate of drug-likeness (QED) is 0.399. The van der Waals surface area contributed by atoms with Crippen molar-refractivity contribution in [1.29, 1.82) is 0 Å². The number of para-hydroxylation sites is 1. The largest absolute Gasteiger partial charge is 0.357 e. The molecular weight excluding hydrogens is 366 g/mol. The highest BCUT2D eigenvalue weighted by Gasteiger charge is 2.12. The Morgan fingerprint density at radius 1 is 1.15 bits per heavy atom. The van der Waals surface area contributed by atoms with Gasteiger partial charge in [-0.1, -0.05) is 60.1 Å². The van der Waals surface area contributed by atoms with Gasteiger partial charge in [0, 0.05) is 6.54 Å². The van der Waals surface area contributed by atoms with Crippen LogP contribution in [-0.2, 0) is 6.54 Å². The third kappa shape index (κ3) is 4.47. The zero-order valence-electron chi connectivity index (χ0n) is 14.2. The standard InChI is InChI=1S/C19H18ClN5S/c1-14-17(18(20)25(24-14)16-10-6-3-7-11-16)13-22-23-19(26)21-12-15-8-4-2-5-9-15/h2-11,13H,12H2,1H3,(H2,21,23,26)/b22-13+. The summed E-state index contributed by atoms with van der Waals surface area (Å²) in [5.74, 6) is 0. The minimum Gasteiger partial charge on any atom is -0.357 e. The van der Waals surface area contributed by atoms with Gasteiger partial charge in [-0.2, -0.15) is 10.2 Å². The summed E-state index contributed by atoms with van der Waals surface area (Å²) in [4.78, 5) is 0. The second kappa shape index (κ2) is 8.60. The predicted octanol–water partition coefficient (Wildman–Crippen LogP) is 3.83. The van der Waals surface area contributed by atoms with Crippen molar-refractivity contribution in [3.8, 4) is 5.69 Å². The third-order valence-corrected chi connectivity index (χ3v) is 4.30. The zero-order valence-corrected chi connectivity index (χ0v) is 15.8. The van der Waals surface area contributed by atoms with Gasteiger partial charge in [0.2, 0.25) is 0 Å². The minimum atomic E-state index is 0.439. The number of hydrogen-bond acceptors (Lipinski definition) is 3. The van der Waals surface area contributed by atoms with Crippen molar-refractivity contribution in [1.82, 2.24) is 20.5 Å². The van der Waals surface area contributed by atoms with E-state index in [1.807, 2.05) is 67.6 Å². The number of thiocarbonyl (C=S) groups is 1. The molecule has 0 aliphatic heterocycles. The maximum Gasteiger partial charge on any atom is 0.187 e. The van der Waals surface area contributed by atoms with E-state index in [0.29, 0.717) is 16.8 Å². The summed E-state index contributed by atoms with van der Waals surface area (Å²) in [6.07, 6.45) is 1.63. The molecule has 1 heterocycles. The van der Waals surface area contributed by atoms with Crippen molar-refractivity contribution in [3.63, 3.8) is 0 Å². The van der Waals surface area contributed by atoms with Gasteiger partial charge in [0.05, 0.1) is 23.2 Å². The van der Waals surface area contributed by atoms with Gasteiger partial charge < -0.3 is 5.32 Å². The maximum absolute atomic E-state index is 6.45. The highest BCUT2D eigenvalue weighted by molar-refractivity contribution is 7.80. The Labute approximate surface area is 162 Å². The van der Waals surface area contributed by atoms with Gasteiger partial charge in [-0.15, -0.1) is 0 Å².